The number of hydrogen-bond donors (Lipinski definition) is 0. The van der Waals surface area contributed by atoms with Crippen molar-refractivity contribution in [1.82, 2.24) is 0 Å². The summed E-state index contributed by atoms with van der Waals surface area (Å²) < 4.78 is 5.68. The van der Waals surface area contributed by atoms with Gasteiger partial charge in [0, 0.05) is 27.0 Å². The monoisotopic (exact) mass is 298 g/mol. The number of fused-ring (bicyclic) bond motifs is 1. The fourth-order valence-electron chi connectivity index (χ4n) is 2.65. The van der Waals surface area contributed by atoms with Crippen molar-refractivity contribution in [2.75, 3.05) is 12.9 Å². The van der Waals surface area contributed by atoms with Gasteiger partial charge < -0.3 is 4.74 Å². The normalized spacial score (nSPS) is 15.4. The van der Waals surface area contributed by atoms with Crippen molar-refractivity contribution in [2.45, 2.75) is 24.2 Å². The summed E-state index contributed by atoms with van der Waals surface area (Å²) in [7, 11) is 0. The third-order valence-electron chi connectivity index (χ3n) is 3.91. The molecule has 108 valence electrons. The van der Waals surface area contributed by atoms with E-state index in [0.717, 1.165) is 27.3 Å². The van der Waals surface area contributed by atoms with E-state index in [-0.39, 0.29) is 11.2 Å². The second kappa shape index (κ2) is 5.23. The van der Waals surface area contributed by atoms with Crippen molar-refractivity contribution < 1.29 is 9.53 Å². The van der Waals surface area contributed by atoms with Gasteiger partial charge in [-0.25, -0.2) is 0 Å². The molecule has 1 aliphatic rings. The maximum atomic E-state index is 12.8. The van der Waals surface area contributed by atoms with Gasteiger partial charge in [-0.15, -0.1) is 11.8 Å². The lowest BCUT2D eigenvalue weighted by atomic mass is 9.85. The predicted octanol–water partition coefficient (Wildman–Crippen LogP) is 4.31. The summed E-state index contributed by atoms with van der Waals surface area (Å²) in [4.78, 5) is 13.8. The number of ketones is 1. The van der Waals surface area contributed by atoms with Crippen LogP contribution in [0, 0.1) is 0 Å². The lowest BCUT2D eigenvalue weighted by Gasteiger charge is -2.16. The third-order valence-corrected chi connectivity index (χ3v) is 4.71. The first-order valence-corrected chi connectivity index (χ1v) is 8.20. The second-order valence-corrected chi connectivity index (χ2v) is 6.76. The molecule has 0 fully saturated rings. The maximum absolute atomic E-state index is 12.8. The number of carbonyl (C=O) groups is 1. The summed E-state index contributed by atoms with van der Waals surface area (Å²) in [6.07, 6.45) is 1.99. The Morgan fingerprint density at radius 2 is 1.95 bits per heavy atom. The van der Waals surface area contributed by atoms with Crippen molar-refractivity contribution in [3.8, 4) is 5.75 Å². The molecule has 3 heteroatoms. The second-order valence-electron chi connectivity index (χ2n) is 5.91. The van der Waals surface area contributed by atoms with Crippen LogP contribution in [0.3, 0.4) is 0 Å². The summed E-state index contributed by atoms with van der Waals surface area (Å²) in [5.74, 6) is 0.972. The van der Waals surface area contributed by atoms with Crippen molar-refractivity contribution >= 4 is 17.5 Å². The van der Waals surface area contributed by atoms with Crippen LogP contribution in [0.2, 0.25) is 0 Å². The van der Waals surface area contributed by atoms with Gasteiger partial charge in [0.15, 0.2) is 5.78 Å². The van der Waals surface area contributed by atoms with Gasteiger partial charge in [0.25, 0.3) is 0 Å². The number of thioether (sulfide) groups is 1. The van der Waals surface area contributed by atoms with Gasteiger partial charge in [-0.05, 0) is 36.6 Å². The van der Waals surface area contributed by atoms with Gasteiger partial charge in [0.05, 0.1) is 6.61 Å². The van der Waals surface area contributed by atoms with Crippen LogP contribution >= 0.6 is 11.8 Å². The maximum Gasteiger partial charge on any atom is 0.194 e. The number of benzene rings is 2. The molecule has 0 amide bonds. The van der Waals surface area contributed by atoms with Crippen LogP contribution in [-0.4, -0.2) is 18.6 Å². The molecule has 1 aliphatic heterocycles. The first kappa shape index (κ1) is 14.2. The number of rotatable bonds is 3. The SMILES string of the molecule is CSc1ccccc1C(=O)c1ccc2c(c1)C(C)(C)CO2. The van der Waals surface area contributed by atoms with Gasteiger partial charge >= 0.3 is 0 Å². The molecule has 2 aromatic carbocycles. The largest absolute Gasteiger partial charge is 0.492 e. The zero-order valence-electron chi connectivity index (χ0n) is 12.5. The quantitative estimate of drug-likeness (QED) is 0.624. The summed E-state index contributed by atoms with van der Waals surface area (Å²) in [6, 6.07) is 13.5. The van der Waals surface area contributed by atoms with E-state index < -0.39 is 0 Å². The molecular weight excluding hydrogens is 280 g/mol. The molecule has 0 saturated carbocycles. The number of ether oxygens (including phenoxy) is 1. The molecule has 3 rings (SSSR count). The molecule has 0 saturated heterocycles. The Balaban J connectivity index is 2.04. The van der Waals surface area contributed by atoms with Crippen LogP contribution in [0.25, 0.3) is 0 Å². The van der Waals surface area contributed by atoms with Crippen LogP contribution < -0.4 is 4.74 Å². The molecule has 2 nitrogen and oxygen atoms in total. The third kappa shape index (κ3) is 2.46. The topological polar surface area (TPSA) is 26.3 Å². The number of carbonyl (C=O) groups excluding carboxylic acids is 1. The van der Waals surface area contributed by atoms with E-state index in [2.05, 4.69) is 13.8 Å². The average molecular weight is 298 g/mol. The molecule has 0 N–H and O–H groups in total. The molecule has 0 atom stereocenters. The highest BCUT2D eigenvalue weighted by Crippen LogP contribution is 2.39. The first-order chi connectivity index (χ1) is 10.0. The molecule has 0 aromatic heterocycles. The van der Waals surface area contributed by atoms with E-state index in [1.165, 1.54) is 0 Å². The van der Waals surface area contributed by atoms with Crippen molar-refractivity contribution in [3.05, 3.63) is 59.2 Å². The first-order valence-electron chi connectivity index (χ1n) is 6.98. The van der Waals surface area contributed by atoms with E-state index in [9.17, 15) is 4.79 Å². The molecule has 2 aromatic rings. The van der Waals surface area contributed by atoms with Crippen molar-refractivity contribution in [1.29, 1.82) is 0 Å². The van der Waals surface area contributed by atoms with E-state index in [0.29, 0.717) is 6.61 Å². The Kier molecular flexibility index (Phi) is 3.54. The highest BCUT2D eigenvalue weighted by atomic mass is 32.2. The molecule has 0 spiro atoms. The van der Waals surface area contributed by atoms with Crippen LogP contribution in [0.5, 0.6) is 5.75 Å². The Morgan fingerprint density at radius 1 is 1.19 bits per heavy atom. The van der Waals surface area contributed by atoms with Crippen LogP contribution in [0.4, 0.5) is 0 Å². The molecule has 21 heavy (non-hydrogen) atoms. The van der Waals surface area contributed by atoms with E-state index >= 15 is 0 Å². The highest BCUT2D eigenvalue weighted by Gasteiger charge is 2.32. The Labute approximate surface area is 129 Å². The van der Waals surface area contributed by atoms with Crippen molar-refractivity contribution in [2.24, 2.45) is 0 Å². The Morgan fingerprint density at radius 3 is 2.71 bits per heavy atom. The summed E-state index contributed by atoms with van der Waals surface area (Å²) in [6.45, 7) is 4.95. The molecule has 0 radical (unpaired) electrons. The molecule has 1 heterocycles. The van der Waals surface area contributed by atoms with Gasteiger partial charge in [-0.2, -0.15) is 0 Å². The predicted molar refractivity (Wildman–Crippen MR) is 86.6 cm³/mol. The van der Waals surface area contributed by atoms with E-state index in [1.54, 1.807) is 11.8 Å². The molecular formula is C18H18O2S. The minimum atomic E-state index is -0.0371. The zero-order chi connectivity index (χ0) is 15.0. The summed E-state index contributed by atoms with van der Waals surface area (Å²) >= 11 is 1.60. The van der Waals surface area contributed by atoms with Crippen molar-refractivity contribution in [3.63, 3.8) is 0 Å². The van der Waals surface area contributed by atoms with Crippen LogP contribution in [0.15, 0.2) is 47.4 Å². The lowest BCUT2D eigenvalue weighted by Crippen LogP contribution is -2.18. The van der Waals surface area contributed by atoms with Gasteiger partial charge in [0.2, 0.25) is 0 Å². The van der Waals surface area contributed by atoms with Crippen LogP contribution in [0.1, 0.15) is 35.3 Å². The lowest BCUT2D eigenvalue weighted by molar-refractivity contribution is 0.103. The summed E-state index contributed by atoms with van der Waals surface area (Å²) in [5, 5.41) is 0. The fraction of sp³-hybridized carbons (Fsp3) is 0.278. The minimum absolute atomic E-state index is 0.0371. The Bertz CT molecular complexity index is 704. The molecule has 0 bridgehead atoms. The Hall–Kier alpha value is -1.74. The molecule has 0 aliphatic carbocycles. The summed E-state index contributed by atoms with van der Waals surface area (Å²) in [5.41, 5.74) is 2.58. The van der Waals surface area contributed by atoms with Gasteiger partial charge in [-0.3, -0.25) is 4.79 Å². The van der Waals surface area contributed by atoms with Crippen LogP contribution in [-0.2, 0) is 5.41 Å². The number of hydrogen-bond acceptors (Lipinski definition) is 3. The average Bonchev–Trinajstić information content (AvgIpc) is 2.81. The minimum Gasteiger partial charge on any atom is -0.492 e. The van der Waals surface area contributed by atoms with E-state index in [1.807, 2.05) is 48.7 Å². The zero-order valence-corrected chi connectivity index (χ0v) is 13.3. The highest BCUT2D eigenvalue weighted by molar-refractivity contribution is 7.98. The van der Waals surface area contributed by atoms with Gasteiger partial charge in [-0.1, -0.05) is 26.0 Å². The van der Waals surface area contributed by atoms with E-state index in [4.69, 9.17) is 4.74 Å². The fourth-order valence-corrected chi connectivity index (χ4v) is 3.24. The molecule has 0 unspecified atom stereocenters. The smallest absolute Gasteiger partial charge is 0.194 e. The standard InChI is InChI=1S/C18H18O2S/c1-18(2)11-20-15-9-8-12(10-14(15)18)17(19)13-6-4-5-7-16(13)21-3/h4-10H,11H2,1-3H3. The van der Waals surface area contributed by atoms with Gasteiger partial charge in [0.1, 0.15) is 5.75 Å².